The van der Waals surface area contributed by atoms with Crippen molar-refractivity contribution in [1.82, 2.24) is 4.90 Å². The lowest BCUT2D eigenvalue weighted by atomic mass is 9.76. The van der Waals surface area contributed by atoms with Crippen LogP contribution in [0.1, 0.15) is 124 Å². The average molecular weight is 548 g/mol. The summed E-state index contributed by atoms with van der Waals surface area (Å²) in [5.41, 5.74) is 12.3. The SMILES string of the molecule is CC(C)c1cc(C(C)C)c(C2=CC3CCCC(C2)N3C(=O)OCC2c3ccccc3-c3ccccc32)c(C(C)C)c1. The van der Waals surface area contributed by atoms with E-state index in [1.807, 2.05) is 0 Å². The van der Waals surface area contributed by atoms with Gasteiger partial charge < -0.3 is 4.74 Å². The Morgan fingerprint density at radius 1 is 0.829 bits per heavy atom. The summed E-state index contributed by atoms with van der Waals surface area (Å²) in [4.78, 5) is 15.9. The lowest BCUT2D eigenvalue weighted by molar-refractivity contribution is 0.0538. The van der Waals surface area contributed by atoms with E-state index in [0.29, 0.717) is 24.4 Å². The zero-order chi connectivity index (χ0) is 28.8. The fourth-order valence-corrected chi connectivity index (χ4v) is 7.49. The van der Waals surface area contributed by atoms with Gasteiger partial charge in [0, 0.05) is 12.0 Å². The van der Waals surface area contributed by atoms with E-state index in [2.05, 4.69) is 113 Å². The van der Waals surface area contributed by atoms with Crippen molar-refractivity contribution in [2.45, 2.75) is 103 Å². The van der Waals surface area contributed by atoms with Gasteiger partial charge in [-0.25, -0.2) is 4.79 Å². The summed E-state index contributed by atoms with van der Waals surface area (Å²) in [7, 11) is 0. The number of carbonyl (C=O) groups is 1. The van der Waals surface area contributed by atoms with Gasteiger partial charge in [0.25, 0.3) is 0 Å². The van der Waals surface area contributed by atoms with Gasteiger partial charge in [-0.1, -0.05) is 108 Å². The van der Waals surface area contributed by atoms with Crippen LogP contribution in [0.25, 0.3) is 16.7 Å². The highest BCUT2D eigenvalue weighted by molar-refractivity contribution is 5.80. The molecule has 1 aliphatic carbocycles. The van der Waals surface area contributed by atoms with Crippen LogP contribution in [-0.2, 0) is 4.74 Å². The first-order chi connectivity index (χ1) is 19.7. The third-order valence-electron chi connectivity index (χ3n) is 9.64. The van der Waals surface area contributed by atoms with Gasteiger partial charge in [-0.05, 0) is 93.5 Å². The molecule has 1 fully saturated rings. The molecule has 2 heterocycles. The molecule has 0 N–H and O–H groups in total. The maximum absolute atomic E-state index is 13.8. The second-order valence-electron chi connectivity index (χ2n) is 13.3. The zero-order valence-electron chi connectivity index (χ0n) is 25.6. The molecule has 3 aliphatic rings. The molecule has 6 rings (SSSR count). The van der Waals surface area contributed by atoms with E-state index >= 15 is 0 Å². The highest BCUT2D eigenvalue weighted by Crippen LogP contribution is 2.46. The van der Waals surface area contributed by atoms with Crippen molar-refractivity contribution in [3.63, 3.8) is 0 Å². The molecule has 214 valence electrons. The van der Waals surface area contributed by atoms with E-state index in [4.69, 9.17) is 4.74 Å². The van der Waals surface area contributed by atoms with Crippen LogP contribution < -0.4 is 0 Å². The second kappa shape index (κ2) is 11.2. The molecule has 2 unspecified atom stereocenters. The molecule has 3 heteroatoms. The van der Waals surface area contributed by atoms with Gasteiger partial charge in [-0.15, -0.1) is 0 Å². The summed E-state index contributed by atoms with van der Waals surface area (Å²) in [6.07, 6.45) is 6.37. The molecule has 1 amide bonds. The zero-order valence-corrected chi connectivity index (χ0v) is 25.6. The summed E-state index contributed by atoms with van der Waals surface area (Å²) in [5.74, 6) is 1.48. The lowest BCUT2D eigenvalue weighted by Gasteiger charge is -2.45. The van der Waals surface area contributed by atoms with Crippen LogP contribution in [0.15, 0.2) is 66.7 Å². The Balaban J connectivity index is 1.28. The van der Waals surface area contributed by atoms with Crippen LogP contribution in [0.5, 0.6) is 0 Å². The standard InChI is InChI=1S/C38H45NO2/c1-23(2)26-20-34(24(3)4)37(35(21-26)25(5)6)27-18-28-12-11-13-29(19-27)39(28)38(40)41-22-36-32-16-9-7-14-30(32)31-15-8-10-17-33(31)36/h7-10,14-18,20-21,23-25,28-29,36H,11-13,19,22H2,1-6H3. The van der Waals surface area contributed by atoms with Crippen LogP contribution in [0.3, 0.4) is 0 Å². The number of rotatable bonds is 6. The third kappa shape index (κ3) is 5.02. The molecule has 0 spiro atoms. The van der Waals surface area contributed by atoms with E-state index in [-0.39, 0.29) is 24.1 Å². The van der Waals surface area contributed by atoms with Crippen LogP contribution >= 0.6 is 0 Å². The van der Waals surface area contributed by atoms with E-state index < -0.39 is 0 Å². The van der Waals surface area contributed by atoms with Gasteiger partial charge in [0.05, 0.1) is 6.04 Å². The van der Waals surface area contributed by atoms with Gasteiger partial charge in [-0.3, -0.25) is 4.90 Å². The Labute approximate surface area is 246 Å². The second-order valence-corrected chi connectivity index (χ2v) is 13.3. The van der Waals surface area contributed by atoms with Crippen molar-refractivity contribution in [1.29, 1.82) is 0 Å². The van der Waals surface area contributed by atoms with Crippen molar-refractivity contribution in [3.8, 4) is 11.1 Å². The molecule has 2 atom stereocenters. The predicted octanol–water partition coefficient (Wildman–Crippen LogP) is 10.0. The molecule has 0 radical (unpaired) electrons. The van der Waals surface area contributed by atoms with Gasteiger partial charge in [0.15, 0.2) is 0 Å². The summed E-state index contributed by atoms with van der Waals surface area (Å²) < 4.78 is 6.18. The predicted molar refractivity (Wildman–Crippen MR) is 170 cm³/mol. The molecule has 2 bridgehead atoms. The maximum Gasteiger partial charge on any atom is 0.410 e. The first-order valence-corrected chi connectivity index (χ1v) is 15.8. The van der Waals surface area contributed by atoms with Crippen LogP contribution in [0, 0.1) is 0 Å². The molecule has 3 nitrogen and oxygen atoms in total. The van der Waals surface area contributed by atoms with Crippen molar-refractivity contribution in [3.05, 3.63) is 100 Å². The van der Waals surface area contributed by atoms with Gasteiger partial charge in [0.1, 0.15) is 6.61 Å². The highest BCUT2D eigenvalue weighted by atomic mass is 16.6. The molecule has 0 saturated carbocycles. The summed E-state index contributed by atoms with van der Waals surface area (Å²) in [6, 6.07) is 22.3. The minimum atomic E-state index is -0.153. The van der Waals surface area contributed by atoms with Crippen LogP contribution in [0.2, 0.25) is 0 Å². The quantitative estimate of drug-likeness (QED) is 0.307. The van der Waals surface area contributed by atoms with Gasteiger partial charge in [0.2, 0.25) is 0 Å². The van der Waals surface area contributed by atoms with Gasteiger partial charge in [-0.2, -0.15) is 0 Å². The number of ether oxygens (including phenoxy) is 1. The largest absolute Gasteiger partial charge is 0.448 e. The number of fused-ring (bicyclic) bond motifs is 5. The Kier molecular flexibility index (Phi) is 7.57. The third-order valence-corrected chi connectivity index (χ3v) is 9.64. The number of piperidine rings is 1. The van der Waals surface area contributed by atoms with E-state index in [1.54, 1.807) is 0 Å². The summed E-state index contributed by atoms with van der Waals surface area (Å²) in [6.45, 7) is 14.2. The first-order valence-electron chi connectivity index (χ1n) is 15.8. The molecular weight excluding hydrogens is 502 g/mol. The topological polar surface area (TPSA) is 29.5 Å². The van der Waals surface area contributed by atoms with Crippen molar-refractivity contribution >= 4 is 11.7 Å². The Morgan fingerprint density at radius 3 is 1.95 bits per heavy atom. The molecular formula is C38H45NO2. The van der Waals surface area contributed by atoms with Gasteiger partial charge >= 0.3 is 6.09 Å². The molecule has 3 aromatic rings. The number of hydrogen-bond donors (Lipinski definition) is 0. The Bertz CT molecular complexity index is 1400. The molecule has 2 aliphatic heterocycles. The monoisotopic (exact) mass is 547 g/mol. The maximum atomic E-state index is 13.8. The van der Waals surface area contributed by atoms with Crippen molar-refractivity contribution in [2.24, 2.45) is 0 Å². The van der Waals surface area contributed by atoms with Crippen molar-refractivity contribution in [2.75, 3.05) is 6.61 Å². The van der Waals surface area contributed by atoms with Crippen LogP contribution in [0.4, 0.5) is 4.79 Å². The number of hydrogen-bond acceptors (Lipinski definition) is 2. The Hall–Kier alpha value is -3.33. The fraction of sp³-hybridized carbons (Fsp3) is 0.447. The smallest absolute Gasteiger partial charge is 0.410 e. The highest BCUT2D eigenvalue weighted by Gasteiger charge is 2.40. The minimum Gasteiger partial charge on any atom is -0.448 e. The molecule has 41 heavy (non-hydrogen) atoms. The van der Waals surface area contributed by atoms with E-state index in [9.17, 15) is 4.79 Å². The van der Waals surface area contributed by atoms with E-state index in [0.717, 1.165) is 25.7 Å². The number of benzene rings is 3. The normalized spacial score (nSPS) is 19.9. The van der Waals surface area contributed by atoms with Crippen molar-refractivity contribution < 1.29 is 9.53 Å². The number of carbonyl (C=O) groups excluding carboxylic acids is 1. The summed E-state index contributed by atoms with van der Waals surface area (Å²) >= 11 is 0. The number of amides is 1. The molecule has 1 saturated heterocycles. The summed E-state index contributed by atoms with van der Waals surface area (Å²) in [5, 5.41) is 0. The van der Waals surface area contributed by atoms with Crippen LogP contribution in [-0.4, -0.2) is 29.7 Å². The molecule has 0 aromatic heterocycles. The minimum absolute atomic E-state index is 0.0868. The lowest BCUT2D eigenvalue weighted by Crippen LogP contribution is -2.52. The fourth-order valence-electron chi connectivity index (χ4n) is 7.49. The Morgan fingerprint density at radius 2 is 1.41 bits per heavy atom. The number of nitrogens with zero attached hydrogens (tertiary/aromatic N) is 1. The first kappa shape index (κ1) is 27.8. The average Bonchev–Trinajstić information content (AvgIpc) is 3.28. The van der Waals surface area contributed by atoms with E-state index in [1.165, 1.54) is 50.1 Å². The molecule has 3 aromatic carbocycles.